The summed E-state index contributed by atoms with van der Waals surface area (Å²) in [6, 6.07) is 7.16. The Morgan fingerprint density at radius 2 is 1.42 bits per heavy atom. The molecular formula is C37H48N4O7. The number of nitrogen functional groups attached to an aromatic ring is 1. The maximum atomic E-state index is 14.5. The number of nitrogens with zero attached hydrogens (tertiary/aromatic N) is 2. The van der Waals surface area contributed by atoms with E-state index in [2.05, 4.69) is 26.8 Å². The number of carbonyl (C=O) groups excluding carboxylic acids is 3. The number of hydrogen-bond acceptors (Lipinski definition) is 10. The first kappa shape index (κ1) is 36.4. The summed E-state index contributed by atoms with van der Waals surface area (Å²) < 4.78 is 17.4. The van der Waals surface area contributed by atoms with Crippen molar-refractivity contribution in [2.75, 3.05) is 5.73 Å². The Balaban J connectivity index is 2.00. The van der Waals surface area contributed by atoms with Gasteiger partial charge in [0.1, 0.15) is 22.3 Å². The van der Waals surface area contributed by atoms with Crippen molar-refractivity contribution < 1.29 is 33.7 Å². The van der Waals surface area contributed by atoms with Gasteiger partial charge in [-0.05, 0) is 92.9 Å². The summed E-state index contributed by atoms with van der Waals surface area (Å²) in [6.07, 6.45) is 6.46. The average Bonchev–Trinajstić information content (AvgIpc) is 3.37. The minimum absolute atomic E-state index is 0.125. The number of esters is 3. The number of aromatic amines is 1. The van der Waals surface area contributed by atoms with E-state index in [1.807, 2.05) is 6.07 Å². The first-order chi connectivity index (χ1) is 22.2. The monoisotopic (exact) mass is 660 g/mol. The van der Waals surface area contributed by atoms with E-state index in [-0.39, 0.29) is 5.95 Å². The molecule has 1 saturated carbocycles. The molecule has 1 aromatic carbocycles. The van der Waals surface area contributed by atoms with Crippen LogP contribution < -0.4 is 5.73 Å². The molecular weight excluding hydrogens is 612 g/mol. The minimum atomic E-state index is -3.00. The predicted molar refractivity (Wildman–Crippen MR) is 182 cm³/mol. The van der Waals surface area contributed by atoms with Crippen LogP contribution in [0.3, 0.4) is 0 Å². The lowest BCUT2D eigenvalue weighted by molar-refractivity contribution is -0.218. The highest BCUT2D eigenvalue weighted by Crippen LogP contribution is 2.48. The standard InChI is InChI=1S/C37H48N4O7/c1-33(2,3)46-29(42)37(30(43)47-34(4,5)6,31(44)48-35(7,8)9)36(45,25-16-11-10-12-17-25)19-18-23-14-13-15-24(20-23)26-21-39-27-22-40-32(38)41-28(26)27/h13-15,20-22,25,39,45H,10-12,16-17H2,1-9H3,(H2,38,40,41). The van der Waals surface area contributed by atoms with Crippen molar-refractivity contribution in [3.63, 3.8) is 0 Å². The highest BCUT2D eigenvalue weighted by Gasteiger charge is 2.73. The molecule has 0 aliphatic heterocycles. The fourth-order valence-corrected chi connectivity index (χ4v) is 5.88. The van der Waals surface area contributed by atoms with Crippen LogP contribution in [0.5, 0.6) is 0 Å². The Morgan fingerprint density at radius 1 is 0.875 bits per heavy atom. The van der Waals surface area contributed by atoms with Crippen molar-refractivity contribution >= 4 is 34.9 Å². The number of H-pyrrole nitrogens is 1. The van der Waals surface area contributed by atoms with Gasteiger partial charge in [-0.15, -0.1) is 0 Å². The van der Waals surface area contributed by atoms with Crippen molar-refractivity contribution in [3.05, 3.63) is 42.2 Å². The summed E-state index contributed by atoms with van der Waals surface area (Å²) in [4.78, 5) is 55.1. The first-order valence-electron chi connectivity index (χ1n) is 16.3. The van der Waals surface area contributed by atoms with E-state index in [0.29, 0.717) is 42.3 Å². The van der Waals surface area contributed by atoms with Crippen LogP contribution in [-0.4, -0.2) is 60.4 Å². The maximum Gasteiger partial charge on any atom is 0.339 e. The third-order valence-corrected chi connectivity index (χ3v) is 7.89. The lowest BCUT2D eigenvalue weighted by Crippen LogP contribution is -2.68. The van der Waals surface area contributed by atoms with E-state index in [9.17, 15) is 19.5 Å². The smallest absolute Gasteiger partial charge is 0.339 e. The third kappa shape index (κ3) is 7.81. The summed E-state index contributed by atoms with van der Waals surface area (Å²) in [5.41, 5.74) is 0.0801. The van der Waals surface area contributed by atoms with Gasteiger partial charge in [0.15, 0.2) is 5.60 Å². The quantitative estimate of drug-likeness (QED) is 0.126. The summed E-state index contributed by atoms with van der Waals surface area (Å²) in [5, 5.41) is 13.0. The zero-order chi connectivity index (χ0) is 35.7. The minimum Gasteiger partial charge on any atom is -0.459 e. The lowest BCUT2D eigenvalue weighted by atomic mass is 9.61. The highest BCUT2D eigenvalue weighted by molar-refractivity contribution is 6.20. The molecule has 2 heterocycles. The average molecular weight is 661 g/mol. The Labute approximate surface area is 282 Å². The lowest BCUT2D eigenvalue weighted by Gasteiger charge is -2.46. The van der Waals surface area contributed by atoms with Crippen LogP contribution in [0, 0.1) is 23.2 Å². The molecule has 0 spiro atoms. The van der Waals surface area contributed by atoms with Gasteiger partial charge in [0, 0.05) is 23.2 Å². The molecule has 1 unspecified atom stereocenters. The fourth-order valence-electron chi connectivity index (χ4n) is 5.88. The molecule has 258 valence electrons. The van der Waals surface area contributed by atoms with E-state index in [1.54, 1.807) is 92.9 Å². The molecule has 1 fully saturated rings. The van der Waals surface area contributed by atoms with Gasteiger partial charge in [0.25, 0.3) is 5.41 Å². The fraction of sp³-hybridized carbons (Fsp3) is 0.541. The molecule has 1 aliphatic carbocycles. The van der Waals surface area contributed by atoms with Crippen LogP contribution >= 0.6 is 0 Å². The molecule has 11 nitrogen and oxygen atoms in total. The van der Waals surface area contributed by atoms with Gasteiger partial charge >= 0.3 is 17.9 Å². The molecule has 0 amide bonds. The number of ether oxygens (including phenoxy) is 3. The summed E-state index contributed by atoms with van der Waals surface area (Å²) in [5.74, 6) is 1.39. The number of carbonyl (C=O) groups is 3. The van der Waals surface area contributed by atoms with Crippen molar-refractivity contribution in [2.45, 2.75) is 117 Å². The number of aromatic nitrogens is 3. The summed E-state index contributed by atoms with van der Waals surface area (Å²) in [6.45, 7) is 14.5. The van der Waals surface area contributed by atoms with E-state index in [0.717, 1.165) is 17.5 Å². The van der Waals surface area contributed by atoms with Crippen molar-refractivity contribution in [1.29, 1.82) is 0 Å². The van der Waals surface area contributed by atoms with Crippen LogP contribution in [0.1, 0.15) is 100.0 Å². The van der Waals surface area contributed by atoms with E-state index >= 15 is 0 Å². The normalized spacial score (nSPS) is 16.0. The number of nitrogens with two attached hydrogens (primary N) is 1. The molecule has 0 bridgehead atoms. The number of hydrogen-bond donors (Lipinski definition) is 3. The summed E-state index contributed by atoms with van der Waals surface area (Å²) in [7, 11) is 0. The number of fused-ring (bicyclic) bond motifs is 1. The molecule has 2 aromatic heterocycles. The second-order valence-electron chi connectivity index (χ2n) is 15.4. The van der Waals surface area contributed by atoms with Gasteiger partial charge in [-0.1, -0.05) is 43.2 Å². The zero-order valence-corrected chi connectivity index (χ0v) is 29.4. The maximum absolute atomic E-state index is 14.5. The molecule has 11 heteroatoms. The Kier molecular flexibility index (Phi) is 10.0. The van der Waals surface area contributed by atoms with Crippen molar-refractivity contribution in [1.82, 2.24) is 15.0 Å². The Hall–Kier alpha value is -4.43. The summed E-state index contributed by atoms with van der Waals surface area (Å²) >= 11 is 0. The molecule has 3 aromatic rings. The molecule has 1 atom stereocenters. The molecule has 0 radical (unpaired) electrons. The largest absolute Gasteiger partial charge is 0.459 e. The SMILES string of the molecule is CC(C)(C)OC(=O)C(C(=O)OC(C)(C)C)(C(=O)OC(C)(C)C)C(O)(C#Cc1cccc(-c2c[nH]c3cnc(N)nc23)c1)C1CCCCC1. The zero-order valence-electron chi connectivity index (χ0n) is 29.4. The van der Waals surface area contributed by atoms with Gasteiger partial charge < -0.3 is 30.0 Å². The van der Waals surface area contributed by atoms with Crippen molar-refractivity contribution in [2.24, 2.45) is 11.3 Å². The van der Waals surface area contributed by atoms with Crippen LogP contribution in [0.2, 0.25) is 0 Å². The van der Waals surface area contributed by atoms with Crippen molar-refractivity contribution in [3.8, 4) is 23.0 Å². The molecule has 4 rings (SSSR count). The number of anilines is 1. The van der Waals surface area contributed by atoms with Gasteiger partial charge in [0.05, 0.1) is 11.7 Å². The van der Waals surface area contributed by atoms with Gasteiger partial charge in [-0.2, -0.15) is 0 Å². The number of nitrogens with one attached hydrogen (secondary N) is 1. The molecule has 48 heavy (non-hydrogen) atoms. The van der Waals surface area contributed by atoms with E-state index in [1.165, 1.54) is 0 Å². The van der Waals surface area contributed by atoms with E-state index in [4.69, 9.17) is 19.9 Å². The van der Waals surface area contributed by atoms with Crippen LogP contribution in [0.15, 0.2) is 36.7 Å². The highest BCUT2D eigenvalue weighted by atomic mass is 16.6. The van der Waals surface area contributed by atoms with Crippen LogP contribution in [0.4, 0.5) is 5.95 Å². The second kappa shape index (κ2) is 13.2. The van der Waals surface area contributed by atoms with Crippen LogP contribution in [0.25, 0.3) is 22.2 Å². The number of rotatable bonds is 6. The second-order valence-corrected chi connectivity index (χ2v) is 15.4. The topological polar surface area (TPSA) is 167 Å². The first-order valence-corrected chi connectivity index (χ1v) is 16.3. The van der Waals surface area contributed by atoms with Gasteiger partial charge in [0.2, 0.25) is 5.95 Å². The van der Waals surface area contributed by atoms with Gasteiger partial charge in [-0.25, -0.2) is 24.4 Å². The van der Waals surface area contributed by atoms with Gasteiger partial charge in [-0.3, -0.25) is 0 Å². The molecule has 4 N–H and O–H groups in total. The molecule has 0 saturated heterocycles. The predicted octanol–water partition coefficient (Wildman–Crippen LogP) is 5.88. The van der Waals surface area contributed by atoms with E-state index < -0.39 is 51.6 Å². The molecule has 1 aliphatic rings. The van der Waals surface area contributed by atoms with Crippen LogP contribution in [-0.2, 0) is 28.6 Å². The number of benzene rings is 1. The Morgan fingerprint density at radius 3 is 1.94 bits per heavy atom. The third-order valence-electron chi connectivity index (χ3n) is 7.89. The Bertz CT molecular complexity index is 1670. The number of aliphatic hydroxyl groups is 1.